The van der Waals surface area contributed by atoms with Crippen molar-refractivity contribution < 1.29 is 22.8 Å². The molecule has 0 aliphatic carbocycles. The molecule has 0 aliphatic heterocycles. The van der Waals surface area contributed by atoms with Crippen LogP contribution in [0.15, 0.2) is 60.8 Å². The van der Waals surface area contributed by atoms with Gasteiger partial charge in [0.05, 0.1) is 22.0 Å². The van der Waals surface area contributed by atoms with E-state index in [1.165, 1.54) is 24.4 Å². The molecule has 3 heterocycles. The molecule has 0 fully saturated rings. The summed E-state index contributed by atoms with van der Waals surface area (Å²) >= 11 is 12.6. The van der Waals surface area contributed by atoms with Gasteiger partial charge in [0.15, 0.2) is 5.82 Å². The van der Waals surface area contributed by atoms with Crippen molar-refractivity contribution in [2.24, 2.45) is 0 Å². The maximum Gasteiger partial charge on any atom is 0.455 e. The second kappa shape index (κ2) is 12.4. The highest BCUT2D eigenvalue weighted by atomic mass is 35.5. The van der Waals surface area contributed by atoms with E-state index in [1.807, 2.05) is 31.2 Å². The summed E-state index contributed by atoms with van der Waals surface area (Å²) in [4.78, 5) is 31.9. The minimum atomic E-state index is -4.79. The van der Waals surface area contributed by atoms with Gasteiger partial charge in [-0.1, -0.05) is 53.0 Å². The van der Waals surface area contributed by atoms with Crippen molar-refractivity contribution >= 4 is 40.7 Å². The summed E-state index contributed by atoms with van der Waals surface area (Å²) in [5.41, 5.74) is 2.74. The van der Waals surface area contributed by atoms with Crippen LogP contribution in [0.4, 0.5) is 18.9 Å². The van der Waals surface area contributed by atoms with Gasteiger partial charge in [-0.3, -0.25) is 9.59 Å². The van der Waals surface area contributed by atoms with Crippen LogP contribution in [-0.2, 0) is 19.3 Å². The van der Waals surface area contributed by atoms with Crippen molar-refractivity contribution in [2.75, 3.05) is 5.32 Å². The number of carbonyl (C=O) groups excluding carboxylic acids is 2. The van der Waals surface area contributed by atoms with Gasteiger partial charge < -0.3 is 10.6 Å². The lowest BCUT2D eigenvalue weighted by Gasteiger charge is -2.15. The Hall–Kier alpha value is -4.82. The Morgan fingerprint density at radius 3 is 2.48 bits per heavy atom. The summed E-state index contributed by atoms with van der Waals surface area (Å²) in [6, 6.07) is 15.1. The van der Waals surface area contributed by atoms with E-state index in [1.54, 1.807) is 19.1 Å². The lowest BCUT2D eigenvalue weighted by Crippen LogP contribution is -2.26. The molecule has 16 heteroatoms. The molecule has 0 aliphatic rings. The van der Waals surface area contributed by atoms with E-state index >= 15 is 0 Å². The Kier molecular flexibility index (Phi) is 8.65. The zero-order valence-corrected chi connectivity index (χ0v) is 24.5. The number of benzene rings is 2. The van der Waals surface area contributed by atoms with Crippen LogP contribution in [0.3, 0.4) is 0 Å². The summed E-state index contributed by atoms with van der Waals surface area (Å²) in [7, 11) is 0. The first-order valence-corrected chi connectivity index (χ1v) is 13.6. The fraction of sp³-hybridized carbons (Fsp3) is 0.179. The van der Waals surface area contributed by atoms with Gasteiger partial charge in [0.25, 0.3) is 17.6 Å². The number of hydrogen-bond acceptors (Lipinski definition) is 7. The maximum absolute atomic E-state index is 13.7. The van der Waals surface area contributed by atoms with Crippen LogP contribution in [-0.4, -0.2) is 46.8 Å². The molecular formula is C28H22Cl2F3N9O2. The number of nitrogens with zero attached hydrogens (tertiary/aromatic N) is 7. The predicted octanol–water partition coefficient (Wildman–Crippen LogP) is 5.43. The van der Waals surface area contributed by atoms with Crippen LogP contribution in [0.2, 0.25) is 10.0 Å². The quantitative estimate of drug-likeness (QED) is 0.230. The zero-order valence-electron chi connectivity index (χ0n) is 23.0. The first kappa shape index (κ1) is 30.6. The SMILES string of the molecule is Cc1cccc(CNC(=O)c2cc(Cl)cc(C)c2NC(=O)c2cc(Cn3nnc(C(F)(F)F)n3)nn2-c2ncccc2Cl)c1. The molecule has 11 nitrogen and oxygen atoms in total. The molecule has 0 atom stereocenters. The third-order valence-electron chi connectivity index (χ3n) is 6.26. The van der Waals surface area contributed by atoms with E-state index in [-0.39, 0.29) is 51.6 Å². The summed E-state index contributed by atoms with van der Waals surface area (Å²) in [6.07, 6.45) is -3.36. The third-order valence-corrected chi connectivity index (χ3v) is 6.77. The van der Waals surface area contributed by atoms with Gasteiger partial charge in [0, 0.05) is 17.8 Å². The highest BCUT2D eigenvalue weighted by Crippen LogP contribution is 2.28. The fourth-order valence-corrected chi connectivity index (χ4v) is 4.77. The smallest absolute Gasteiger partial charge is 0.348 e. The number of aryl methyl sites for hydroxylation is 2. The van der Waals surface area contributed by atoms with Gasteiger partial charge in [-0.2, -0.15) is 23.1 Å². The second-order valence-electron chi connectivity index (χ2n) is 9.65. The Balaban J connectivity index is 1.47. The molecule has 44 heavy (non-hydrogen) atoms. The van der Waals surface area contributed by atoms with Crippen molar-refractivity contribution in [3.8, 4) is 5.82 Å². The van der Waals surface area contributed by atoms with Gasteiger partial charge in [-0.05, 0) is 60.5 Å². The first-order valence-electron chi connectivity index (χ1n) is 12.9. The molecule has 0 unspecified atom stereocenters. The molecule has 0 saturated carbocycles. The Morgan fingerprint density at radius 1 is 0.977 bits per heavy atom. The topological polar surface area (TPSA) is 133 Å². The Labute approximate surface area is 258 Å². The van der Waals surface area contributed by atoms with Gasteiger partial charge >= 0.3 is 6.18 Å². The number of hydrogen-bond donors (Lipinski definition) is 2. The lowest BCUT2D eigenvalue weighted by atomic mass is 10.1. The van der Waals surface area contributed by atoms with E-state index in [9.17, 15) is 22.8 Å². The number of anilines is 1. The number of pyridine rings is 1. The number of halogens is 5. The van der Waals surface area contributed by atoms with Gasteiger partial charge in [-0.15, -0.1) is 10.2 Å². The second-order valence-corrected chi connectivity index (χ2v) is 10.5. The van der Waals surface area contributed by atoms with Crippen molar-refractivity contribution in [1.82, 2.24) is 40.3 Å². The molecule has 0 saturated heterocycles. The van der Waals surface area contributed by atoms with Crippen molar-refractivity contribution in [3.05, 3.63) is 110 Å². The molecule has 0 radical (unpaired) electrons. The van der Waals surface area contributed by atoms with Crippen LogP contribution < -0.4 is 10.6 Å². The standard InChI is InChI=1S/C28H22Cl2F3N9O2/c1-15-5-3-6-17(9-15)13-35-25(43)20-11-18(29)10-16(2)23(20)36-26(44)22-12-19(14-41-39-27(37-40-41)28(31,32)33)38-42(22)24-21(30)7-4-8-34-24/h3-12H,13-14H2,1-2H3,(H,35,43)(H,36,44). The molecule has 2 amide bonds. The Morgan fingerprint density at radius 2 is 1.77 bits per heavy atom. The van der Waals surface area contributed by atoms with E-state index in [0.29, 0.717) is 10.4 Å². The maximum atomic E-state index is 13.7. The summed E-state index contributed by atoms with van der Waals surface area (Å²) < 4.78 is 40.1. The number of nitrogens with one attached hydrogen (secondary N) is 2. The average Bonchev–Trinajstić information content (AvgIpc) is 3.61. The van der Waals surface area contributed by atoms with Crippen LogP contribution in [0.5, 0.6) is 0 Å². The van der Waals surface area contributed by atoms with Gasteiger partial charge in [0.1, 0.15) is 12.2 Å². The summed E-state index contributed by atoms with van der Waals surface area (Å²) in [6.45, 7) is 3.50. The molecule has 0 spiro atoms. The number of carbonyl (C=O) groups is 2. The van der Waals surface area contributed by atoms with Crippen LogP contribution in [0, 0.1) is 13.8 Å². The number of alkyl halides is 3. The molecule has 5 aromatic rings. The minimum Gasteiger partial charge on any atom is -0.348 e. The highest BCUT2D eigenvalue weighted by molar-refractivity contribution is 6.32. The number of amides is 2. The van der Waals surface area contributed by atoms with E-state index < -0.39 is 23.8 Å². The largest absolute Gasteiger partial charge is 0.455 e. The van der Waals surface area contributed by atoms with Crippen LogP contribution in [0.25, 0.3) is 5.82 Å². The normalized spacial score (nSPS) is 11.4. The molecular weight excluding hydrogens is 622 g/mol. The molecule has 226 valence electrons. The molecule has 2 aromatic carbocycles. The summed E-state index contributed by atoms with van der Waals surface area (Å²) in [5.74, 6) is -2.54. The Bertz CT molecular complexity index is 1870. The van der Waals surface area contributed by atoms with Crippen LogP contribution in [0.1, 0.15) is 49.1 Å². The number of rotatable bonds is 8. The fourth-order valence-electron chi connectivity index (χ4n) is 4.30. The van der Waals surface area contributed by atoms with Crippen molar-refractivity contribution in [3.63, 3.8) is 0 Å². The number of tetrazole rings is 1. The molecule has 0 bridgehead atoms. The third kappa shape index (κ3) is 6.87. The molecule has 2 N–H and O–H groups in total. The minimum absolute atomic E-state index is 0.0806. The first-order chi connectivity index (χ1) is 20.9. The molecule has 3 aromatic heterocycles. The van der Waals surface area contributed by atoms with Gasteiger partial charge in [0.2, 0.25) is 0 Å². The highest BCUT2D eigenvalue weighted by Gasteiger charge is 2.37. The van der Waals surface area contributed by atoms with Gasteiger partial charge in [-0.25, -0.2) is 9.67 Å². The number of aromatic nitrogens is 7. The zero-order chi connectivity index (χ0) is 31.6. The summed E-state index contributed by atoms with van der Waals surface area (Å²) in [5, 5.41) is 20.1. The molecule has 5 rings (SSSR count). The van der Waals surface area contributed by atoms with Crippen molar-refractivity contribution in [2.45, 2.75) is 33.1 Å². The average molecular weight is 644 g/mol. The lowest BCUT2D eigenvalue weighted by molar-refractivity contribution is -0.145. The van der Waals surface area contributed by atoms with E-state index in [2.05, 4.69) is 36.1 Å². The predicted molar refractivity (Wildman–Crippen MR) is 155 cm³/mol. The van der Waals surface area contributed by atoms with Crippen molar-refractivity contribution in [1.29, 1.82) is 0 Å². The van der Waals surface area contributed by atoms with E-state index in [0.717, 1.165) is 15.8 Å². The monoisotopic (exact) mass is 643 g/mol. The van der Waals surface area contributed by atoms with Crippen LogP contribution >= 0.6 is 23.2 Å². The van der Waals surface area contributed by atoms with E-state index in [4.69, 9.17) is 23.2 Å².